The molecule has 0 bridgehead atoms. The van der Waals surface area contributed by atoms with Crippen molar-refractivity contribution in [2.24, 2.45) is 0 Å². The van der Waals surface area contributed by atoms with Crippen LogP contribution >= 0.6 is 0 Å². The van der Waals surface area contributed by atoms with Crippen LogP contribution in [-0.4, -0.2) is 88.0 Å². The number of anilines is 2. The standard InChI is InChI=1S/C21H28N4O6/c1-14(26)22-10-17-12-25(21(28)31-17)15-3-4-18-19(9-15)30-13-16-11-23(6-7-24(16)18)20(27)5-8-29-2/h3-4,9,16-17H,5-8,10-13H2,1-2H3,(H,22,26)/t16-,17+/m1/s1. The molecule has 31 heavy (non-hydrogen) atoms. The Morgan fingerprint density at radius 2 is 2.10 bits per heavy atom. The molecule has 3 amide bonds. The lowest BCUT2D eigenvalue weighted by Gasteiger charge is -2.45. The van der Waals surface area contributed by atoms with Crippen LogP contribution in [0.1, 0.15) is 13.3 Å². The van der Waals surface area contributed by atoms with Crippen molar-refractivity contribution in [3.8, 4) is 5.75 Å². The molecule has 3 heterocycles. The lowest BCUT2D eigenvalue weighted by molar-refractivity contribution is -0.133. The molecule has 3 aliphatic heterocycles. The third-order valence-electron chi connectivity index (χ3n) is 5.80. The molecule has 10 heteroatoms. The molecule has 2 saturated heterocycles. The predicted octanol–water partition coefficient (Wildman–Crippen LogP) is 0.594. The minimum absolute atomic E-state index is 0.0948. The first-order chi connectivity index (χ1) is 15.0. The van der Waals surface area contributed by atoms with E-state index in [0.29, 0.717) is 50.7 Å². The van der Waals surface area contributed by atoms with Crippen molar-refractivity contribution in [2.75, 3.05) is 62.8 Å². The number of fused-ring (bicyclic) bond motifs is 3. The number of nitrogens with zero attached hydrogens (tertiary/aromatic N) is 3. The Kier molecular flexibility index (Phi) is 6.17. The molecule has 0 radical (unpaired) electrons. The van der Waals surface area contributed by atoms with Crippen molar-refractivity contribution in [3.63, 3.8) is 0 Å². The van der Waals surface area contributed by atoms with Crippen LogP contribution in [0.15, 0.2) is 18.2 Å². The molecule has 0 aliphatic carbocycles. The SMILES string of the molecule is COCCC(=O)N1CCN2c3ccc(N4C[C@H](CNC(C)=O)OC4=O)cc3OC[C@H]2C1. The fourth-order valence-electron chi connectivity index (χ4n) is 4.19. The van der Waals surface area contributed by atoms with Gasteiger partial charge >= 0.3 is 6.09 Å². The second-order valence-corrected chi connectivity index (χ2v) is 7.95. The zero-order chi connectivity index (χ0) is 22.0. The molecule has 168 valence electrons. The quantitative estimate of drug-likeness (QED) is 0.702. The van der Waals surface area contributed by atoms with Crippen molar-refractivity contribution in [3.05, 3.63) is 18.2 Å². The Balaban J connectivity index is 1.42. The van der Waals surface area contributed by atoms with Gasteiger partial charge in [-0.05, 0) is 12.1 Å². The van der Waals surface area contributed by atoms with Crippen LogP contribution in [0.3, 0.4) is 0 Å². The van der Waals surface area contributed by atoms with Crippen molar-refractivity contribution in [1.82, 2.24) is 10.2 Å². The number of nitrogens with one attached hydrogen (secondary N) is 1. The summed E-state index contributed by atoms with van der Waals surface area (Å²) in [5, 5.41) is 2.67. The van der Waals surface area contributed by atoms with Crippen molar-refractivity contribution >= 4 is 29.3 Å². The van der Waals surface area contributed by atoms with Crippen molar-refractivity contribution in [2.45, 2.75) is 25.5 Å². The molecule has 0 spiro atoms. The van der Waals surface area contributed by atoms with E-state index in [2.05, 4.69) is 10.2 Å². The highest BCUT2D eigenvalue weighted by Crippen LogP contribution is 2.39. The number of ether oxygens (including phenoxy) is 3. The summed E-state index contributed by atoms with van der Waals surface area (Å²) >= 11 is 0. The van der Waals surface area contributed by atoms with Gasteiger partial charge in [0.15, 0.2) is 0 Å². The number of rotatable bonds is 6. The first kappa shape index (κ1) is 21.2. The molecular weight excluding hydrogens is 404 g/mol. The van der Waals surface area contributed by atoms with E-state index in [4.69, 9.17) is 14.2 Å². The lowest BCUT2D eigenvalue weighted by atomic mass is 10.1. The Hall–Kier alpha value is -3.01. The van der Waals surface area contributed by atoms with E-state index in [1.807, 2.05) is 23.1 Å². The molecule has 1 aromatic carbocycles. The molecule has 0 aromatic heterocycles. The zero-order valence-electron chi connectivity index (χ0n) is 17.8. The highest BCUT2D eigenvalue weighted by molar-refractivity contribution is 5.91. The van der Waals surface area contributed by atoms with Crippen molar-refractivity contribution < 1.29 is 28.6 Å². The second kappa shape index (κ2) is 9.01. The molecule has 2 fully saturated rings. The van der Waals surface area contributed by atoms with Gasteiger partial charge in [-0.3, -0.25) is 14.5 Å². The van der Waals surface area contributed by atoms with Gasteiger partial charge in [-0.25, -0.2) is 4.79 Å². The summed E-state index contributed by atoms with van der Waals surface area (Å²) in [6, 6.07) is 5.78. The highest BCUT2D eigenvalue weighted by Gasteiger charge is 2.36. The fraction of sp³-hybridized carbons (Fsp3) is 0.571. The third kappa shape index (κ3) is 4.53. The Bertz CT molecular complexity index is 862. The van der Waals surface area contributed by atoms with Crippen LogP contribution in [0.5, 0.6) is 5.75 Å². The summed E-state index contributed by atoms with van der Waals surface area (Å²) in [4.78, 5) is 41.4. The van der Waals surface area contributed by atoms with Gasteiger partial charge < -0.3 is 29.3 Å². The summed E-state index contributed by atoms with van der Waals surface area (Å²) in [6.07, 6.45) is -0.438. The monoisotopic (exact) mass is 432 g/mol. The molecule has 1 aromatic rings. The molecule has 0 saturated carbocycles. The van der Waals surface area contributed by atoms with Gasteiger partial charge in [0.2, 0.25) is 11.8 Å². The molecule has 4 rings (SSSR count). The molecule has 2 atom stereocenters. The number of hydrogen-bond donors (Lipinski definition) is 1. The van der Waals surface area contributed by atoms with Gasteiger partial charge in [-0.15, -0.1) is 0 Å². The predicted molar refractivity (Wildman–Crippen MR) is 112 cm³/mol. The van der Waals surface area contributed by atoms with E-state index in [9.17, 15) is 14.4 Å². The molecule has 1 N–H and O–H groups in total. The maximum absolute atomic E-state index is 12.3. The second-order valence-electron chi connectivity index (χ2n) is 7.95. The molecular formula is C21H28N4O6. The van der Waals surface area contributed by atoms with Gasteiger partial charge in [0.25, 0.3) is 0 Å². The Labute approximate surface area is 181 Å². The van der Waals surface area contributed by atoms with Crippen LogP contribution < -0.4 is 19.9 Å². The summed E-state index contributed by atoms with van der Waals surface area (Å²) < 4.78 is 16.4. The lowest BCUT2D eigenvalue weighted by Crippen LogP contribution is -2.58. The summed E-state index contributed by atoms with van der Waals surface area (Å²) in [6.45, 7) is 4.98. The number of cyclic esters (lactones) is 1. The van der Waals surface area contributed by atoms with Gasteiger partial charge in [0, 0.05) is 39.7 Å². The number of piperazine rings is 1. The van der Waals surface area contributed by atoms with Gasteiger partial charge in [0.05, 0.1) is 43.5 Å². The van der Waals surface area contributed by atoms with E-state index in [-0.39, 0.29) is 30.5 Å². The summed E-state index contributed by atoms with van der Waals surface area (Å²) in [5.41, 5.74) is 1.66. The average molecular weight is 432 g/mol. The summed E-state index contributed by atoms with van der Waals surface area (Å²) in [5.74, 6) is 0.654. The molecule has 10 nitrogen and oxygen atoms in total. The number of benzene rings is 1. The Morgan fingerprint density at radius 3 is 2.87 bits per heavy atom. The minimum Gasteiger partial charge on any atom is -0.489 e. The fourth-order valence-corrected chi connectivity index (χ4v) is 4.19. The topological polar surface area (TPSA) is 101 Å². The van der Waals surface area contributed by atoms with Gasteiger partial charge in [-0.1, -0.05) is 0 Å². The molecule has 0 unspecified atom stereocenters. The number of amides is 3. The third-order valence-corrected chi connectivity index (χ3v) is 5.80. The molecule has 3 aliphatic rings. The summed E-state index contributed by atoms with van der Waals surface area (Å²) in [7, 11) is 1.59. The van der Waals surface area contributed by atoms with Crippen LogP contribution in [-0.2, 0) is 19.1 Å². The van der Waals surface area contributed by atoms with Gasteiger partial charge in [0.1, 0.15) is 18.5 Å². The van der Waals surface area contributed by atoms with Crippen molar-refractivity contribution in [1.29, 1.82) is 0 Å². The van der Waals surface area contributed by atoms with Gasteiger partial charge in [-0.2, -0.15) is 0 Å². The largest absolute Gasteiger partial charge is 0.489 e. The number of hydrogen-bond acceptors (Lipinski definition) is 7. The first-order valence-corrected chi connectivity index (χ1v) is 10.5. The zero-order valence-corrected chi connectivity index (χ0v) is 17.8. The maximum atomic E-state index is 12.3. The normalized spacial score (nSPS) is 22.4. The maximum Gasteiger partial charge on any atom is 0.414 e. The van der Waals surface area contributed by atoms with E-state index >= 15 is 0 Å². The minimum atomic E-state index is -0.438. The number of carbonyl (C=O) groups is 3. The van der Waals surface area contributed by atoms with E-state index < -0.39 is 6.09 Å². The van der Waals surface area contributed by atoms with E-state index in [1.54, 1.807) is 12.0 Å². The van der Waals surface area contributed by atoms with E-state index in [0.717, 1.165) is 12.2 Å². The first-order valence-electron chi connectivity index (χ1n) is 10.5. The smallest absolute Gasteiger partial charge is 0.414 e. The Morgan fingerprint density at radius 1 is 1.26 bits per heavy atom. The number of carbonyl (C=O) groups excluding carboxylic acids is 3. The van der Waals surface area contributed by atoms with Crippen LogP contribution in [0.25, 0.3) is 0 Å². The van der Waals surface area contributed by atoms with Crippen LogP contribution in [0, 0.1) is 0 Å². The number of methoxy groups -OCH3 is 1. The van der Waals surface area contributed by atoms with E-state index in [1.165, 1.54) is 6.92 Å². The van der Waals surface area contributed by atoms with Crippen LogP contribution in [0.4, 0.5) is 16.2 Å². The van der Waals surface area contributed by atoms with Crippen LogP contribution in [0.2, 0.25) is 0 Å². The highest BCUT2D eigenvalue weighted by atomic mass is 16.6. The average Bonchev–Trinajstić information content (AvgIpc) is 3.15.